The maximum Gasteiger partial charge on any atom is 0.161 e. The van der Waals surface area contributed by atoms with Gasteiger partial charge in [-0.2, -0.15) is 0 Å². The van der Waals surface area contributed by atoms with E-state index in [0.29, 0.717) is 11.4 Å². The molecule has 0 aliphatic heterocycles. The predicted molar refractivity (Wildman–Crippen MR) is 84.6 cm³/mol. The zero-order chi connectivity index (χ0) is 15.1. The van der Waals surface area contributed by atoms with Crippen LogP contribution < -0.4 is 5.73 Å². The number of thioether (sulfide) groups is 1. The molecule has 2 N–H and O–H groups in total. The summed E-state index contributed by atoms with van der Waals surface area (Å²) in [5.74, 6) is 0.632. The minimum atomic E-state index is 0.0554. The van der Waals surface area contributed by atoms with Crippen LogP contribution in [0.2, 0.25) is 0 Å². The van der Waals surface area contributed by atoms with Gasteiger partial charge in [-0.15, -0.1) is 0 Å². The summed E-state index contributed by atoms with van der Waals surface area (Å²) in [6.45, 7) is 7.33. The molecular formula is C15H19N3OS. The Kier molecular flexibility index (Phi) is 6.18. The molecule has 1 rings (SSSR count). The van der Waals surface area contributed by atoms with Crippen LogP contribution >= 0.6 is 11.8 Å². The van der Waals surface area contributed by atoms with E-state index in [0.717, 1.165) is 16.1 Å². The van der Waals surface area contributed by atoms with E-state index < -0.39 is 0 Å². The Morgan fingerprint density at radius 1 is 1.20 bits per heavy atom. The number of hydrogen-bond acceptors (Lipinski definition) is 5. The number of hydrogen-bond donors (Lipinski definition) is 1. The number of nitrogens with two attached hydrogens (primary N) is 1. The zero-order valence-corrected chi connectivity index (χ0v) is 13.0. The highest BCUT2D eigenvalue weighted by Gasteiger charge is 2.12. The van der Waals surface area contributed by atoms with Gasteiger partial charge in [0, 0.05) is 29.1 Å². The maximum atomic E-state index is 11.3. The Morgan fingerprint density at radius 2 is 1.80 bits per heavy atom. The van der Waals surface area contributed by atoms with Gasteiger partial charge in [-0.25, -0.2) is 9.97 Å². The molecule has 1 aromatic heterocycles. The second-order valence-electron chi connectivity index (χ2n) is 4.46. The molecule has 0 aromatic carbocycles. The van der Waals surface area contributed by atoms with E-state index in [2.05, 4.69) is 9.97 Å². The molecule has 1 heterocycles. The monoisotopic (exact) mass is 289 g/mol. The molecular weight excluding hydrogens is 270 g/mol. The van der Waals surface area contributed by atoms with Crippen molar-refractivity contribution in [1.82, 2.24) is 9.97 Å². The number of carbonyl (C=O) groups is 1. The van der Waals surface area contributed by atoms with E-state index in [9.17, 15) is 4.79 Å². The smallest absolute Gasteiger partial charge is 0.161 e. The van der Waals surface area contributed by atoms with Gasteiger partial charge in [-0.3, -0.25) is 4.79 Å². The van der Waals surface area contributed by atoms with Crippen molar-refractivity contribution in [3.8, 4) is 0 Å². The van der Waals surface area contributed by atoms with Crippen LogP contribution in [0.4, 0.5) is 0 Å². The van der Waals surface area contributed by atoms with Crippen molar-refractivity contribution in [2.45, 2.75) is 27.7 Å². The van der Waals surface area contributed by atoms with Crippen LogP contribution in [-0.4, -0.2) is 15.8 Å². The van der Waals surface area contributed by atoms with Gasteiger partial charge in [-0.05, 0) is 44.7 Å². The van der Waals surface area contributed by atoms with Crippen LogP contribution in [0.25, 0.3) is 5.57 Å². The third-order valence-electron chi connectivity index (χ3n) is 2.58. The van der Waals surface area contributed by atoms with Gasteiger partial charge in [0.15, 0.2) is 11.6 Å². The first-order valence-electron chi connectivity index (χ1n) is 6.18. The molecule has 0 aliphatic rings. The van der Waals surface area contributed by atoms with E-state index in [4.69, 9.17) is 5.73 Å². The van der Waals surface area contributed by atoms with E-state index in [1.807, 2.05) is 19.3 Å². The second-order valence-corrected chi connectivity index (χ2v) is 5.34. The number of aromatic nitrogens is 2. The van der Waals surface area contributed by atoms with Crippen molar-refractivity contribution in [2.24, 2.45) is 5.73 Å². The molecule has 106 valence electrons. The van der Waals surface area contributed by atoms with Gasteiger partial charge in [0.25, 0.3) is 0 Å². The Morgan fingerprint density at radius 3 is 2.25 bits per heavy atom. The Bertz CT molecular complexity index is 570. The van der Waals surface area contributed by atoms with Crippen molar-refractivity contribution in [3.63, 3.8) is 0 Å². The largest absolute Gasteiger partial charge is 0.404 e. The molecule has 5 heteroatoms. The summed E-state index contributed by atoms with van der Waals surface area (Å²) in [5, 5.41) is 1.83. The summed E-state index contributed by atoms with van der Waals surface area (Å²) in [4.78, 5) is 20.7. The minimum absolute atomic E-state index is 0.0554. The number of carbonyl (C=O) groups excluding carboxylic acids is 1. The van der Waals surface area contributed by atoms with Gasteiger partial charge in [0.1, 0.15) is 0 Å². The minimum Gasteiger partial charge on any atom is -0.404 e. The summed E-state index contributed by atoms with van der Waals surface area (Å²) in [5.41, 5.74) is 8.30. The molecule has 0 fully saturated rings. The fourth-order valence-corrected chi connectivity index (χ4v) is 2.35. The summed E-state index contributed by atoms with van der Waals surface area (Å²) in [6.07, 6.45) is 4.85. The lowest BCUT2D eigenvalue weighted by Crippen LogP contribution is -1.99. The van der Waals surface area contributed by atoms with Crippen molar-refractivity contribution in [1.29, 1.82) is 0 Å². The normalized spacial score (nSPS) is 12.2. The van der Waals surface area contributed by atoms with E-state index >= 15 is 0 Å². The SMILES string of the molecule is CC(=O)/C(C)=C/SC(C(=CN)c1ncccn1)=C(C)C. The molecule has 1 aromatic rings. The summed E-state index contributed by atoms with van der Waals surface area (Å²) in [7, 11) is 0. The number of ketones is 1. The lowest BCUT2D eigenvalue weighted by Gasteiger charge is -2.10. The van der Waals surface area contributed by atoms with Gasteiger partial charge in [0.05, 0.1) is 0 Å². The standard InChI is InChI=1S/C15H19N3OS/c1-10(2)14(20-9-11(3)12(4)19)13(8-16)15-17-6-5-7-18-15/h5-9H,16H2,1-4H3/b11-9+,13-8?. The van der Waals surface area contributed by atoms with Crippen LogP contribution in [0.1, 0.15) is 33.5 Å². The Labute approximate surface area is 123 Å². The first-order chi connectivity index (χ1) is 9.47. The average Bonchev–Trinajstić information content (AvgIpc) is 2.43. The first-order valence-corrected chi connectivity index (χ1v) is 7.06. The molecule has 0 aliphatic carbocycles. The highest BCUT2D eigenvalue weighted by atomic mass is 32.2. The summed E-state index contributed by atoms with van der Waals surface area (Å²) in [6, 6.07) is 1.76. The molecule has 0 radical (unpaired) electrons. The molecule has 20 heavy (non-hydrogen) atoms. The summed E-state index contributed by atoms with van der Waals surface area (Å²) < 4.78 is 0. The Balaban J connectivity index is 3.13. The second kappa shape index (κ2) is 7.65. The average molecular weight is 289 g/mol. The van der Waals surface area contributed by atoms with Crippen LogP contribution in [0.3, 0.4) is 0 Å². The highest BCUT2D eigenvalue weighted by Crippen LogP contribution is 2.33. The summed E-state index contributed by atoms with van der Waals surface area (Å²) >= 11 is 1.46. The van der Waals surface area contributed by atoms with Gasteiger partial charge < -0.3 is 5.73 Å². The zero-order valence-electron chi connectivity index (χ0n) is 12.2. The molecule has 0 spiro atoms. The Hall–Kier alpha value is -1.88. The van der Waals surface area contributed by atoms with Crippen molar-refractivity contribution < 1.29 is 4.79 Å². The molecule has 0 amide bonds. The van der Waals surface area contributed by atoms with E-state index in [-0.39, 0.29) is 5.78 Å². The van der Waals surface area contributed by atoms with Gasteiger partial charge >= 0.3 is 0 Å². The maximum absolute atomic E-state index is 11.3. The lowest BCUT2D eigenvalue weighted by molar-refractivity contribution is -0.113. The highest BCUT2D eigenvalue weighted by molar-refractivity contribution is 8.06. The third kappa shape index (κ3) is 4.35. The number of nitrogens with zero attached hydrogens (tertiary/aromatic N) is 2. The van der Waals surface area contributed by atoms with E-state index in [1.165, 1.54) is 18.0 Å². The molecule has 0 saturated carbocycles. The number of allylic oxidation sites excluding steroid dienone is 3. The van der Waals surface area contributed by atoms with Crippen LogP contribution in [0.5, 0.6) is 0 Å². The van der Waals surface area contributed by atoms with Crippen LogP contribution in [-0.2, 0) is 4.79 Å². The predicted octanol–water partition coefficient (Wildman–Crippen LogP) is 3.30. The lowest BCUT2D eigenvalue weighted by atomic mass is 10.2. The first kappa shape index (κ1) is 16.2. The molecule has 0 saturated heterocycles. The third-order valence-corrected chi connectivity index (χ3v) is 3.92. The fourth-order valence-electron chi connectivity index (χ4n) is 1.37. The van der Waals surface area contributed by atoms with Gasteiger partial charge in [-0.1, -0.05) is 17.3 Å². The van der Waals surface area contributed by atoms with Gasteiger partial charge in [0.2, 0.25) is 0 Å². The quantitative estimate of drug-likeness (QED) is 0.665. The molecule has 0 unspecified atom stereocenters. The molecule has 4 nitrogen and oxygen atoms in total. The molecule has 0 atom stereocenters. The fraction of sp³-hybridized carbons (Fsp3) is 0.267. The van der Waals surface area contributed by atoms with Crippen molar-refractivity contribution in [2.75, 3.05) is 0 Å². The van der Waals surface area contributed by atoms with Crippen LogP contribution in [0, 0.1) is 0 Å². The topological polar surface area (TPSA) is 68.9 Å². The molecule has 0 bridgehead atoms. The number of rotatable bonds is 5. The van der Waals surface area contributed by atoms with Crippen molar-refractivity contribution in [3.05, 3.63) is 51.9 Å². The van der Waals surface area contributed by atoms with E-state index in [1.54, 1.807) is 32.3 Å². The van der Waals surface area contributed by atoms with Crippen molar-refractivity contribution >= 4 is 23.1 Å². The number of Topliss-reactive ketones (excluding diaryl/α,β-unsaturated/α-hetero) is 1. The van der Waals surface area contributed by atoms with Crippen LogP contribution in [0.15, 0.2) is 46.1 Å².